The zero-order valence-corrected chi connectivity index (χ0v) is 11.2. The van der Waals surface area contributed by atoms with E-state index in [0.717, 1.165) is 6.42 Å². The van der Waals surface area contributed by atoms with Gasteiger partial charge in [0.15, 0.2) is 0 Å². The van der Waals surface area contributed by atoms with Crippen LogP contribution in [0.25, 0.3) is 0 Å². The van der Waals surface area contributed by atoms with Crippen molar-refractivity contribution in [2.45, 2.75) is 32.1 Å². The van der Waals surface area contributed by atoms with Crippen LogP contribution in [0.1, 0.15) is 18.9 Å². The molecule has 5 heteroatoms. The number of ether oxygens (including phenoxy) is 1. The molecule has 0 heterocycles. The van der Waals surface area contributed by atoms with Gasteiger partial charge in [0.1, 0.15) is 5.82 Å². The van der Waals surface area contributed by atoms with Crippen LogP contribution >= 0.6 is 0 Å². The summed E-state index contributed by atoms with van der Waals surface area (Å²) < 4.78 is 18.5. The minimum Gasteiger partial charge on any atom is -0.395 e. The molecule has 2 atom stereocenters. The van der Waals surface area contributed by atoms with Crippen molar-refractivity contribution in [3.63, 3.8) is 0 Å². The zero-order chi connectivity index (χ0) is 14.1. The third-order valence-corrected chi connectivity index (χ3v) is 2.88. The Morgan fingerprint density at radius 2 is 2.11 bits per heavy atom. The van der Waals surface area contributed by atoms with E-state index in [4.69, 9.17) is 9.84 Å². The molecule has 0 amide bonds. The third kappa shape index (κ3) is 6.11. The fourth-order valence-corrected chi connectivity index (χ4v) is 1.62. The van der Waals surface area contributed by atoms with Gasteiger partial charge in [0.05, 0.1) is 25.9 Å². The normalized spacial score (nSPS) is 14.3. The molecule has 3 N–H and O–H groups in total. The smallest absolute Gasteiger partial charge is 0.128 e. The van der Waals surface area contributed by atoms with E-state index in [1.807, 2.05) is 6.92 Å². The molecule has 1 aromatic carbocycles. The third-order valence-electron chi connectivity index (χ3n) is 2.88. The largest absolute Gasteiger partial charge is 0.395 e. The molecule has 0 bridgehead atoms. The predicted octanol–water partition coefficient (Wildman–Crippen LogP) is 1.06. The maximum absolute atomic E-state index is 13.3. The summed E-state index contributed by atoms with van der Waals surface area (Å²) in [6.07, 6.45) is 0.117. The van der Waals surface area contributed by atoms with Crippen molar-refractivity contribution < 1.29 is 19.3 Å². The fourth-order valence-electron chi connectivity index (χ4n) is 1.62. The molecule has 0 aliphatic heterocycles. The molecule has 2 unspecified atom stereocenters. The molecule has 1 aromatic rings. The van der Waals surface area contributed by atoms with Gasteiger partial charge in [-0.15, -0.1) is 0 Å². The number of hydrogen-bond acceptors (Lipinski definition) is 4. The molecule has 0 saturated carbocycles. The number of aliphatic hydroxyl groups excluding tert-OH is 2. The number of nitrogens with one attached hydrogen (secondary N) is 1. The van der Waals surface area contributed by atoms with Crippen molar-refractivity contribution >= 4 is 0 Å². The number of aliphatic hydroxyl groups is 2. The lowest BCUT2D eigenvalue weighted by Gasteiger charge is -2.17. The SMILES string of the molecule is CCC(CO)NCC(O)COCc1ccccc1F. The first-order valence-electron chi connectivity index (χ1n) is 6.50. The molecule has 0 fully saturated rings. The summed E-state index contributed by atoms with van der Waals surface area (Å²) >= 11 is 0. The van der Waals surface area contributed by atoms with E-state index in [0.29, 0.717) is 12.1 Å². The lowest BCUT2D eigenvalue weighted by Crippen LogP contribution is -2.39. The Hall–Kier alpha value is -1.01. The maximum atomic E-state index is 13.3. The second-order valence-electron chi connectivity index (χ2n) is 4.46. The number of hydrogen-bond donors (Lipinski definition) is 3. The van der Waals surface area contributed by atoms with E-state index in [2.05, 4.69) is 5.32 Å². The van der Waals surface area contributed by atoms with Gasteiger partial charge in [-0.2, -0.15) is 0 Å². The Balaban J connectivity index is 2.20. The highest BCUT2D eigenvalue weighted by Crippen LogP contribution is 2.07. The molecule has 0 spiro atoms. The molecule has 0 aromatic heterocycles. The molecule has 0 saturated heterocycles. The summed E-state index contributed by atoms with van der Waals surface area (Å²) in [6, 6.07) is 6.38. The molecular weight excluding hydrogens is 249 g/mol. The Kier molecular flexibility index (Phi) is 7.59. The molecule has 0 radical (unpaired) electrons. The van der Waals surface area contributed by atoms with Crippen LogP contribution in [-0.2, 0) is 11.3 Å². The second-order valence-corrected chi connectivity index (χ2v) is 4.46. The average Bonchev–Trinajstić information content (AvgIpc) is 2.42. The monoisotopic (exact) mass is 271 g/mol. The molecule has 4 nitrogen and oxygen atoms in total. The predicted molar refractivity (Wildman–Crippen MR) is 71.2 cm³/mol. The second kappa shape index (κ2) is 8.98. The first-order valence-corrected chi connectivity index (χ1v) is 6.50. The molecular formula is C14H22FNO3. The molecule has 19 heavy (non-hydrogen) atoms. The van der Waals surface area contributed by atoms with Crippen molar-refractivity contribution in [1.29, 1.82) is 0 Å². The maximum Gasteiger partial charge on any atom is 0.128 e. The standard InChI is InChI=1S/C14H22FNO3/c1-2-12(8-17)16-7-13(18)10-19-9-11-5-3-4-6-14(11)15/h3-6,12-13,16-18H,2,7-10H2,1H3. The van der Waals surface area contributed by atoms with Crippen LogP contribution in [0.3, 0.4) is 0 Å². The van der Waals surface area contributed by atoms with Crippen molar-refractivity contribution in [3.05, 3.63) is 35.6 Å². The Morgan fingerprint density at radius 3 is 2.74 bits per heavy atom. The molecule has 0 aliphatic rings. The van der Waals surface area contributed by atoms with Crippen LogP contribution < -0.4 is 5.32 Å². The lowest BCUT2D eigenvalue weighted by molar-refractivity contribution is 0.0255. The van der Waals surface area contributed by atoms with Gasteiger partial charge < -0.3 is 20.3 Å². The quantitative estimate of drug-likeness (QED) is 0.628. The number of benzene rings is 1. The summed E-state index contributed by atoms with van der Waals surface area (Å²) in [5.74, 6) is -0.304. The van der Waals surface area contributed by atoms with Crippen LogP contribution in [0, 0.1) is 5.82 Å². The van der Waals surface area contributed by atoms with Gasteiger partial charge in [0.25, 0.3) is 0 Å². The molecule has 1 rings (SSSR count). The van der Waals surface area contributed by atoms with Gasteiger partial charge in [-0.1, -0.05) is 25.1 Å². The lowest BCUT2D eigenvalue weighted by atomic mass is 10.2. The van der Waals surface area contributed by atoms with Gasteiger partial charge >= 0.3 is 0 Å². The van der Waals surface area contributed by atoms with Gasteiger partial charge in [-0.3, -0.25) is 0 Å². The van der Waals surface area contributed by atoms with Crippen molar-refractivity contribution in [3.8, 4) is 0 Å². The highest BCUT2D eigenvalue weighted by atomic mass is 19.1. The van der Waals surface area contributed by atoms with Crippen molar-refractivity contribution in [1.82, 2.24) is 5.32 Å². The molecule has 0 aliphatic carbocycles. The Morgan fingerprint density at radius 1 is 1.37 bits per heavy atom. The summed E-state index contributed by atoms with van der Waals surface area (Å²) in [5.41, 5.74) is 0.476. The first kappa shape index (κ1) is 16.0. The van der Waals surface area contributed by atoms with E-state index in [-0.39, 0.29) is 31.7 Å². The van der Waals surface area contributed by atoms with E-state index >= 15 is 0 Å². The molecule has 108 valence electrons. The Bertz CT molecular complexity index is 358. The van der Waals surface area contributed by atoms with Crippen LogP contribution in [0.2, 0.25) is 0 Å². The zero-order valence-electron chi connectivity index (χ0n) is 11.2. The van der Waals surface area contributed by atoms with Crippen LogP contribution in [0.4, 0.5) is 4.39 Å². The number of halogens is 1. The minimum atomic E-state index is -0.674. The van der Waals surface area contributed by atoms with Gasteiger partial charge in [0, 0.05) is 18.2 Å². The van der Waals surface area contributed by atoms with Gasteiger partial charge in [-0.05, 0) is 12.5 Å². The summed E-state index contributed by atoms with van der Waals surface area (Å²) in [5, 5.41) is 21.7. The summed E-state index contributed by atoms with van der Waals surface area (Å²) in [6.45, 7) is 2.61. The van der Waals surface area contributed by atoms with Gasteiger partial charge in [0.2, 0.25) is 0 Å². The fraction of sp³-hybridized carbons (Fsp3) is 0.571. The average molecular weight is 271 g/mol. The van der Waals surface area contributed by atoms with Crippen molar-refractivity contribution in [2.24, 2.45) is 0 Å². The van der Waals surface area contributed by atoms with Crippen LogP contribution in [-0.4, -0.2) is 42.1 Å². The first-order chi connectivity index (χ1) is 9.17. The number of rotatable bonds is 9. The van der Waals surface area contributed by atoms with Crippen molar-refractivity contribution in [2.75, 3.05) is 19.8 Å². The highest BCUT2D eigenvalue weighted by molar-refractivity contribution is 5.16. The minimum absolute atomic E-state index is 0.0128. The van der Waals surface area contributed by atoms with Gasteiger partial charge in [-0.25, -0.2) is 4.39 Å². The Labute approximate surface area is 113 Å². The van der Waals surface area contributed by atoms with Crippen LogP contribution in [0.5, 0.6) is 0 Å². The topological polar surface area (TPSA) is 61.7 Å². The van der Waals surface area contributed by atoms with E-state index < -0.39 is 6.10 Å². The summed E-state index contributed by atoms with van der Waals surface area (Å²) in [4.78, 5) is 0. The van der Waals surface area contributed by atoms with Crippen LogP contribution in [0.15, 0.2) is 24.3 Å². The summed E-state index contributed by atoms with van der Waals surface area (Å²) in [7, 11) is 0. The van der Waals surface area contributed by atoms with E-state index in [1.54, 1.807) is 18.2 Å². The van der Waals surface area contributed by atoms with E-state index in [1.165, 1.54) is 6.07 Å². The highest BCUT2D eigenvalue weighted by Gasteiger charge is 2.09. The van der Waals surface area contributed by atoms with E-state index in [9.17, 15) is 9.50 Å².